The van der Waals surface area contributed by atoms with E-state index in [2.05, 4.69) is 114 Å². The summed E-state index contributed by atoms with van der Waals surface area (Å²) in [5.41, 5.74) is 5.38. The molecule has 0 saturated heterocycles. The Hall–Kier alpha value is -5.17. The van der Waals surface area contributed by atoms with Crippen molar-refractivity contribution in [3.8, 4) is 16.8 Å². The van der Waals surface area contributed by atoms with Crippen LogP contribution in [0, 0.1) is 0 Å². The molecule has 0 fully saturated rings. The second kappa shape index (κ2) is 8.22. The van der Waals surface area contributed by atoms with E-state index in [4.69, 9.17) is 0 Å². The molecule has 0 N–H and O–H groups in total. The quantitative estimate of drug-likeness (QED) is 0.151. The van der Waals surface area contributed by atoms with E-state index in [1.807, 2.05) is 36.4 Å². The average Bonchev–Trinajstić information content (AvgIpc) is 3.54. The topological polar surface area (TPSA) is 22.0 Å². The van der Waals surface area contributed by atoms with Crippen molar-refractivity contribution in [1.82, 2.24) is 4.57 Å². The number of para-hydroxylation sites is 1. The molecule has 3 heteroatoms. The van der Waals surface area contributed by atoms with Crippen LogP contribution in [0.25, 0.3) is 70.9 Å². The van der Waals surface area contributed by atoms with Gasteiger partial charge in [0.25, 0.3) is 0 Å². The van der Waals surface area contributed by atoms with E-state index < -0.39 is 7.14 Å². The standard InChI is InChI=1S/C40H24NOP/c42-43(30-11-2-1-3-12-30)36-16-7-5-14-32(36)34-22-21-33-31-13-4-6-15-35(31)41(39(33)40(34)43)29-23-27-19-17-25-9-8-10-26-18-20-28(24-29)38(27)37(25)26/h1-24H. The summed E-state index contributed by atoms with van der Waals surface area (Å²) in [6.45, 7) is 0. The van der Waals surface area contributed by atoms with E-state index in [-0.39, 0.29) is 0 Å². The molecule has 200 valence electrons. The van der Waals surface area contributed by atoms with E-state index in [1.54, 1.807) is 0 Å². The third kappa shape index (κ3) is 2.91. The number of aromatic nitrogens is 1. The van der Waals surface area contributed by atoms with Crippen LogP contribution in [0.5, 0.6) is 0 Å². The van der Waals surface area contributed by atoms with Gasteiger partial charge in [-0.2, -0.15) is 0 Å². The summed E-state index contributed by atoms with van der Waals surface area (Å²) >= 11 is 0. The molecule has 2 heterocycles. The van der Waals surface area contributed by atoms with E-state index in [1.165, 1.54) is 37.7 Å². The molecule has 9 aromatic rings. The van der Waals surface area contributed by atoms with Crippen molar-refractivity contribution in [2.24, 2.45) is 0 Å². The first-order chi connectivity index (χ1) is 21.2. The van der Waals surface area contributed by atoms with Gasteiger partial charge in [-0.3, -0.25) is 0 Å². The molecule has 0 saturated carbocycles. The molecule has 1 aliphatic rings. The monoisotopic (exact) mass is 565 g/mol. The first-order valence-electron chi connectivity index (χ1n) is 14.7. The predicted octanol–water partition coefficient (Wildman–Crippen LogP) is 9.30. The highest BCUT2D eigenvalue weighted by Gasteiger charge is 2.42. The van der Waals surface area contributed by atoms with Crippen LogP contribution in [-0.2, 0) is 4.57 Å². The van der Waals surface area contributed by atoms with Gasteiger partial charge in [0, 0.05) is 27.1 Å². The zero-order valence-electron chi connectivity index (χ0n) is 23.2. The normalized spacial score (nSPS) is 16.1. The number of nitrogens with zero attached hydrogens (tertiary/aromatic N) is 1. The van der Waals surface area contributed by atoms with Gasteiger partial charge in [0.15, 0.2) is 7.14 Å². The Morgan fingerprint density at radius 1 is 0.488 bits per heavy atom. The summed E-state index contributed by atoms with van der Waals surface area (Å²) in [6.07, 6.45) is 0. The van der Waals surface area contributed by atoms with Crippen LogP contribution < -0.4 is 15.9 Å². The number of fused-ring (bicyclic) bond motifs is 7. The Labute approximate surface area is 248 Å². The SMILES string of the molecule is O=P1(c2ccccc2)c2ccccc2-c2ccc3c4ccccc4n(-c4cc5ccc6cccc7ccc(c4)c5c67)c3c21. The summed E-state index contributed by atoms with van der Waals surface area (Å²) < 4.78 is 18.2. The van der Waals surface area contributed by atoms with Crippen LogP contribution in [-0.4, -0.2) is 4.57 Å². The van der Waals surface area contributed by atoms with Crippen LogP contribution in [0.3, 0.4) is 0 Å². The van der Waals surface area contributed by atoms with Crippen molar-refractivity contribution in [2.75, 3.05) is 0 Å². The molecule has 43 heavy (non-hydrogen) atoms. The van der Waals surface area contributed by atoms with Gasteiger partial charge in [0.2, 0.25) is 0 Å². The number of hydrogen-bond donors (Lipinski definition) is 0. The van der Waals surface area contributed by atoms with Gasteiger partial charge in [0.1, 0.15) is 0 Å². The smallest absolute Gasteiger partial charge is 0.174 e. The Bertz CT molecular complexity index is 2580. The fraction of sp³-hybridized carbons (Fsp3) is 0. The molecular weight excluding hydrogens is 541 g/mol. The molecule has 8 aromatic carbocycles. The van der Waals surface area contributed by atoms with Crippen LogP contribution >= 0.6 is 7.14 Å². The molecule has 0 aliphatic carbocycles. The maximum atomic E-state index is 15.8. The molecule has 1 aromatic heterocycles. The fourth-order valence-corrected chi connectivity index (χ4v) is 11.0. The maximum absolute atomic E-state index is 15.8. The molecule has 0 bridgehead atoms. The summed E-state index contributed by atoms with van der Waals surface area (Å²) in [5, 5.41) is 12.6. The Morgan fingerprint density at radius 2 is 1.14 bits per heavy atom. The molecule has 2 nitrogen and oxygen atoms in total. The minimum absolute atomic E-state index is 0.876. The van der Waals surface area contributed by atoms with Gasteiger partial charge in [-0.25, -0.2) is 0 Å². The third-order valence-electron chi connectivity index (χ3n) is 9.48. The van der Waals surface area contributed by atoms with Gasteiger partial charge in [0.05, 0.1) is 16.3 Å². The molecule has 0 spiro atoms. The van der Waals surface area contributed by atoms with E-state index >= 15 is 4.57 Å². The molecule has 0 amide bonds. The minimum Gasteiger partial charge on any atom is -0.309 e. The van der Waals surface area contributed by atoms with Crippen LogP contribution in [0.1, 0.15) is 0 Å². The second-order valence-electron chi connectivity index (χ2n) is 11.6. The van der Waals surface area contributed by atoms with Crippen molar-refractivity contribution in [1.29, 1.82) is 0 Å². The van der Waals surface area contributed by atoms with Crippen LogP contribution in [0.4, 0.5) is 0 Å². The highest BCUT2D eigenvalue weighted by atomic mass is 31.2. The summed E-state index contributed by atoms with van der Waals surface area (Å²) in [6, 6.07) is 51.5. The first kappa shape index (κ1) is 23.4. The largest absolute Gasteiger partial charge is 0.309 e. The lowest BCUT2D eigenvalue weighted by molar-refractivity contribution is 0.593. The molecule has 1 aliphatic heterocycles. The van der Waals surface area contributed by atoms with Gasteiger partial charge in [-0.05, 0) is 61.6 Å². The molecular formula is C40H24NOP. The van der Waals surface area contributed by atoms with Gasteiger partial charge >= 0.3 is 0 Å². The average molecular weight is 566 g/mol. The lowest BCUT2D eigenvalue weighted by atomic mass is 9.94. The highest BCUT2D eigenvalue weighted by molar-refractivity contribution is 7.86. The molecule has 0 radical (unpaired) electrons. The van der Waals surface area contributed by atoms with Crippen molar-refractivity contribution in [2.45, 2.75) is 0 Å². The van der Waals surface area contributed by atoms with Crippen LogP contribution in [0.2, 0.25) is 0 Å². The molecule has 1 unspecified atom stereocenters. The minimum atomic E-state index is -3.18. The fourth-order valence-electron chi connectivity index (χ4n) is 7.71. The Morgan fingerprint density at radius 3 is 1.93 bits per heavy atom. The van der Waals surface area contributed by atoms with Crippen molar-refractivity contribution >= 4 is 77.2 Å². The van der Waals surface area contributed by atoms with E-state index in [9.17, 15) is 0 Å². The Kier molecular flexibility index (Phi) is 4.47. The van der Waals surface area contributed by atoms with Gasteiger partial charge < -0.3 is 9.13 Å². The lowest BCUT2D eigenvalue weighted by Gasteiger charge is -2.19. The van der Waals surface area contributed by atoms with Crippen molar-refractivity contribution in [3.63, 3.8) is 0 Å². The summed E-state index contributed by atoms with van der Waals surface area (Å²) in [5.74, 6) is 0. The molecule has 10 rings (SSSR count). The summed E-state index contributed by atoms with van der Waals surface area (Å²) in [7, 11) is -3.18. The first-order valence-corrected chi connectivity index (χ1v) is 16.4. The number of benzene rings is 8. The van der Waals surface area contributed by atoms with E-state index in [0.29, 0.717) is 0 Å². The predicted molar refractivity (Wildman–Crippen MR) is 183 cm³/mol. The zero-order valence-corrected chi connectivity index (χ0v) is 24.1. The Balaban J connectivity index is 1.39. The molecule has 1 atom stereocenters. The summed E-state index contributed by atoms with van der Waals surface area (Å²) in [4.78, 5) is 0. The van der Waals surface area contributed by atoms with Crippen LogP contribution in [0.15, 0.2) is 146 Å². The van der Waals surface area contributed by atoms with Crippen molar-refractivity contribution in [3.05, 3.63) is 146 Å². The third-order valence-corrected chi connectivity index (χ3v) is 12.7. The van der Waals surface area contributed by atoms with Gasteiger partial charge in [-0.1, -0.05) is 127 Å². The van der Waals surface area contributed by atoms with Crippen molar-refractivity contribution < 1.29 is 4.57 Å². The highest BCUT2D eigenvalue weighted by Crippen LogP contribution is 2.55. The van der Waals surface area contributed by atoms with E-state index in [0.717, 1.165) is 49.1 Å². The zero-order chi connectivity index (χ0) is 28.3. The maximum Gasteiger partial charge on any atom is 0.174 e. The second-order valence-corrected chi connectivity index (χ2v) is 14.3. The number of rotatable bonds is 2. The lowest BCUT2D eigenvalue weighted by Crippen LogP contribution is -2.22. The van der Waals surface area contributed by atoms with Gasteiger partial charge in [-0.15, -0.1) is 0 Å². The number of hydrogen-bond acceptors (Lipinski definition) is 1.